The summed E-state index contributed by atoms with van der Waals surface area (Å²) in [6, 6.07) is 9.01. The number of carbonyl (C=O) groups excluding carboxylic acids is 1. The number of rotatable bonds is 6. The summed E-state index contributed by atoms with van der Waals surface area (Å²) in [6.07, 6.45) is 2.34. The van der Waals surface area contributed by atoms with Crippen molar-refractivity contribution in [3.63, 3.8) is 0 Å². The molecule has 0 saturated heterocycles. The van der Waals surface area contributed by atoms with Gasteiger partial charge in [-0.15, -0.1) is 0 Å². The molecule has 0 amide bonds. The quantitative estimate of drug-likeness (QED) is 0.425. The second-order valence-corrected chi connectivity index (χ2v) is 9.66. The molecule has 2 heterocycles. The highest BCUT2D eigenvalue weighted by Crippen LogP contribution is 2.36. The predicted octanol–water partition coefficient (Wildman–Crippen LogP) is 5.60. The van der Waals surface area contributed by atoms with Crippen LogP contribution in [0, 0.1) is 6.92 Å². The van der Waals surface area contributed by atoms with Crippen molar-refractivity contribution < 1.29 is 28.2 Å². The van der Waals surface area contributed by atoms with Crippen LogP contribution in [0.3, 0.4) is 0 Å². The molecule has 0 saturated carbocycles. The van der Waals surface area contributed by atoms with Crippen LogP contribution in [-0.2, 0) is 16.0 Å². The maximum absolute atomic E-state index is 13.6. The second kappa shape index (κ2) is 10.0. The number of aryl methyl sites for hydroxylation is 2. The van der Waals surface area contributed by atoms with Crippen LogP contribution >= 0.6 is 0 Å². The normalized spacial score (nSPS) is 13.4. The van der Waals surface area contributed by atoms with Crippen molar-refractivity contribution in [1.29, 1.82) is 0 Å². The SMILES string of the molecule is CCCc1cc2c(=O)c(-c3ccc4c(c3)OCCCO4)c(C)oc2cc1OCC(=O)OC(C)(C)C. The van der Waals surface area contributed by atoms with Crippen molar-refractivity contribution in [3.8, 4) is 28.4 Å². The summed E-state index contributed by atoms with van der Waals surface area (Å²) in [4.78, 5) is 25.8. The van der Waals surface area contributed by atoms with Crippen molar-refractivity contribution in [1.82, 2.24) is 0 Å². The fourth-order valence-corrected chi connectivity index (χ4v) is 4.14. The number of esters is 1. The summed E-state index contributed by atoms with van der Waals surface area (Å²) in [5.74, 6) is 1.83. The van der Waals surface area contributed by atoms with Gasteiger partial charge in [-0.2, -0.15) is 0 Å². The van der Waals surface area contributed by atoms with E-state index >= 15 is 0 Å². The van der Waals surface area contributed by atoms with E-state index in [-0.39, 0.29) is 12.0 Å². The van der Waals surface area contributed by atoms with Gasteiger partial charge in [-0.25, -0.2) is 4.79 Å². The standard InChI is InChI=1S/C28H32O7/c1-6-8-18-13-20-23(15-22(18)33-16-25(29)35-28(3,4)5)34-17(2)26(27(20)30)19-9-10-21-24(14-19)32-12-7-11-31-21/h9-10,13-15H,6-8,11-12,16H2,1-5H3. The fraction of sp³-hybridized carbons (Fsp3) is 0.429. The highest BCUT2D eigenvalue weighted by atomic mass is 16.6. The van der Waals surface area contributed by atoms with E-state index in [9.17, 15) is 9.59 Å². The molecule has 0 aliphatic carbocycles. The van der Waals surface area contributed by atoms with E-state index < -0.39 is 11.6 Å². The number of benzene rings is 2. The minimum absolute atomic E-state index is 0.130. The molecule has 1 aliphatic heterocycles. The average molecular weight is 481 g/mol. The first-order chi connectivity index (χ1) is 16.7. The van der Waals surface area contributed by atoms with Gasteiger partial charge in [0.2, 0.25) is 5.43 Å². The molecule has 1 aromatic heterocycles. The smallest absolute Gasteiger partial charge is 0.344 e. The molecular formula is C28H32O7. The van der Waals surface area contributed by atoms with E-state index in [1.165, 1.54) is 0 Å². The number of hydrogen-bond donors (Lipinski definition) is 0. The monoisotopic (exact) mass is 480 g/mol. The second-order valence-electron chi connectivity index (χ2n) is 9.66. The predicted molar refractivity (Wildman–Crippen MR) is 134 cm³/mol. The first-order valence-electron chi connectivity index (χ1n) is 12.0. The van der Waals surface area contributed by atoms with E-state index in [4.69, 9.17) is 23.4 Å². The number of hydrogen-bond acceptors (Lipinski definition) is 7. The Labute approximate surface area is 204 Å². The van der Waals surface area contributed by atoms with Gasteiger partial charge in [-0.1, -0.05) is 19.4 Å². The highest BCUT2D eigenvalue weighted by molar-refractivity contribution is 5.85. The van der Waals surface area contributed by atoms with Crippen molar-refractivity contribution in [2.24, 2.45) is 0 Å². The lowest BCUT2D eigenvalue weighted by Gasteiger charge is -2.20. The molecule has 7 heteroatoms. The zero-order valence-electron chi connectivity index (χ0n) is 21.0. The van der Waals surface area contributed by atoms with Gasteiger partial charge in [0.25, 0.3) is 0 Å². The number of carbonyl (C=O) groups is 1. The maximum Gasteiger partial charge on any atom is 0.344 e. The molecule has 7 nitrogen and oxygen atoms in total. The lowest BCUT2D eigenvalue weighted by atomic mass is 10.00. The van der Waals surface area contributed by atoms with Crippen LogP contribution < -0.4 is 19.6 Å². The molecule has 0 atom stereocenters. The molecule has 1 aliphatic rings. The van der Waals surface area contributed by atoms with Crippen LogP contribution in [0.1, 0.15) is 51.9 Å². The zero-order valence-corrected chi connectivity index (χ0v) is 21.0. The third-order valence-corrected chi connectivity index (χ3v) is 5.57. The summed E-state index contributed by atoms with van der Waals surface area (Å²) < 4.78 is 28.8. The first kappa shape index (κ1) is 24.6. The van der Waals surface area contributed by atoms with Gasteiger partial charge in [-0.05, 0) is 63.4 Å². The molecule has 0 fully saturated rings. The first-order valence-corrected chi connectivity index (χ1v) is 12.0. The van der Waals surface area contributed by atoms with Crippen molar-refractivity contribution in [2.75, 3.05) is 19.8 Å². The molecule has 186 valence electrons. The lowest BCUT2D eigenvalue weighted by Crippen LogP contribution is -2.27. The molecule has 0 unspecified atom stereocenters. The van der Waals surface area contributed by atoms with Crippen LogP contribution in [0.4, 0.5) is 0 Å². The van der Waals surface area contributed by atoms with Gasteiger partial charge in [-0.3, -0.25) is 4.79 Å². The largest absolute Gasteiger partial charge is 0.490 e. The maximum atomic E-state index is 13.6. The summed E-state index contributed by atoms with van der Waals surface area (Å²) in [5.41, 5.74) is 1.72. The summed E-state index contributed by atoms with van der Waals surface area (Å²) in [5, 5.41) is 0.464. The minimum Gasteiger partial charge on any atom is -0.490 e. The molecule has 0 radical (unpaired) electrons. The van der Waals surface area contributed by atoms with Crippen molar-refractivity contribution in [2.45, 2.75) is 59.5 Å². The van der Waals surface area contributed by atoms with Gasteiger partial charge in [0.1, 0.15) is 22.7 Å². The summed E-state index contributed by atoms with van der Waals surface area (Å²) in [6.45, 7) is 10.2. The molecule has 0 N–H and O–H groups in total. The Morgan fingerprint density at radius 1 is 1.06 bits per heavy atom. The summed E-state index contributed by atoms with van der Waals surface area (Å²) in [7, 11) is 0. The Morgan fingerprint density at radius 3 is 2.51 bits per heavy atom. The minimum atomic E-state index is -0.594. The molecule has 35 heavy (non-hydrogen) atoms. The topological polar surface area (TPSA) is 84.2 Å². The van der Waals surface area contributed by atoms with Gasteiger partial charge < -0.3 is 23.4 Å². The van der Waals surface area contributed by atoms with Crippen LogP contribution in [0.15, 0.2) is 39.5 Å². The van der Waals surface area contributed by atoms with Crippen molar-refractivity contribution >= 4 is 16.9 Å². The van der Waals surface area contributed by atoms with Crippen LogP contribution in [0.2, 0.25) is 0 Å². The van der Waals surface area contributed by atoms with E-state index in [2.05, 4.69) is 0 Å². The Kier molecular flexibility index (Phi) is 7.05. The van der Waals surface area contributed by atoms with Gasteiger partial charge in [0, 0.05) is 12.5 Å². The van der Waals surface area contributed by atoms with Crippen molar-refractivity contribution in [3.05, 3.63) is 51.9 Å². The lowest BCUT2D eigenvalue weighted by molar-refractivity contribution is -0.157. The van der Waals surface area contributed by atoms with Crippen LogP contribution in [0.5, 0.6) is 17.2 Å². The molecule has 4 rings (SSSR count). The van der Waals surface area contributed by atoms with Crippen LogP contribution in [0.25, 0.3) is 22.1 Å². The van der Waals surface area contributed by atoms with E-state index in [1.54, 1.807) is 19.1 Å². The molecule has 0 bridgehead atoms. The zero-order chi connectivity index (χ0) is 25.2. The number of ether oxygens (including phenoxy) is 4. The third-order valence-electron chi connectivity index (χ3n) is 5.57. The summed E-state index contributed by atoms with van der Waals surface area (Å²) >= 11 is 0. The van der Waals surface area contributed by atoms with Gasteiger partial charge in [0.05, 0.1) is 24.2 Å². The Bertz CT molecular complexity index is 1300. The van der Waals surface area contributed by atoms with E-state index in [0.717, 1.165) is 18.4 Å². The van der Waals surface area contributed by atoms with E-state index in [0.29, 0.717) is 64.7 Å². The molecule has 0 spiro atoms. The molecular weight excluding hydrogens is 448 g/mol. The molecule has 3 aromatic rings. The Balaban J connectivity index is 1.73. The molecule has 2 aromatic carbocycles. The average Bonchev–Trinajstić information content (AvgIpc) is 3.02. The van der Waals surface area contributed by atoms with Crippen LogP contribution in [-0.4, -0.2) is 31.4 Å². The third kappa shape index (κ3) is 5.61. The fourth-order valence-electron chi connectivity index (χ4n) is 4.14. The van der Waals surface area contributed by atoms with E-state index in [1.807, 2.05) is 45.9 Å². The Morgan fingerprint density at radius 2 is 1.80 bits per heavy atom. The van der Waals surface area contributed by atoms with Gasteiger partial charge >= 0.3 is 5.97 Å². The highest BCUT2D eigenvalue weighted by Gasteiger charge is 2.21. The number of fused-ring (bicyclic) bond motifs is 2. The van der Waals surface area contributed by atoms with Gasteiger partial charge in [0.15, 0.2) is 18.1 Å². The Hall–Kier alpha value is -3.48.